The average molecular weight is 674 g/mol. The topological polar surface area (TPSA) is 174 Å². The van der Waals surface area contributed by atoms with Crippen LogP contribution in [0.5, 0.6) is 0 Å². The van der Waals surface area contributed by atoms with Crippen LogP contribution in [0.15, 0.2) is 88.3 Å². The van der Waals surface area contributed by atoms with Gasteiger partial charge in [0.25, 0.3) is 0 Å². The first-order valence-corrected chi connectivity index (χ1v) is 15.8. The van der Waals surface area contributed by atoms with Gasteiger partial charge >= 0.3 is 18.3 Å². The zero-order valence-corrected chi connectivity index (χ0v) is 28.5. The lowest BCUT2D eigenvalue weighted by Gasteiger charge is -2.22. The molecule has 13 heteroatoms. The summed E-state index contributed by atoms with van der Waals surface area (Å²) in [5.74, 6) is -0.0877. The quantitative estimate of drug-likeness (QED) is 0.0903. The third kappa shape index (κ3) is 12.3. The smallest absolute Gasteiger partial charge is 0.414 e. The summed E-state index contributed by atoms with van der Waals surface area (Å²) in [4.78, 5) is 46.4. The monoisotopic (exact) mass is 673 g/mol. The number of aromatic nitrogens is 1. The Morgan fingerprint density at radius 2 is 1.35 bits per heavy atom. The van der Waals surface area contributed by atoms with Gasteiger partial charge in [-0.1, -0.05) is 66.7 Å². The molecule has 1 heterocycles. The Morgan fingerprint density at radius 1 is 0.776 bits per heavy atom. The largest absolute Gasteiger partial charge is 0.445 e. The van der Waals surface area contributed by atoms with Crippen LogP contribution in [-0.2, 0) is 33.8 Å². The molecule has 0 aliphatic rings. The molecule has 0 saturated heterocycles. The number of nitrogens with one attached hydrogen (secondary N) is 3. The molecule has 3 amide bonds. The summed E-state index contributed by atoms with van der Waals surface area (Å²) in [6.45, 7) is 10.4. The lowest BCUT2D eigenvalue weighted by Crippen LogP contribution is -2.47. The molecule has 0 aliphatic carbocycles. The van der Waals surface area contributed by atoms with Crippen molar-refractivity contribution in [3.8, 4) is 0 Å². The Balaban J connectivity index is 1.48. The molecule has 1 unspecified atom stereocenters. The van der Waals surface area contributed by atoms with E-state index in [4.69, 9.17) is 18.6 Å². The summed E-state index contributed by atoms with van der Waals surface area (Å²) in [5, 5.41) is 19.0. The standard InChI is InChI=1S/C36H43N5O8/c1-35(2,3)48-33(44)40-31(41-34(45)49-36(4,5)6)37-21-24-18-16-23(17-19-24)20-27(39-32(43)46-22-25-12-8-7-9-13-25)29(42)30-38-26-14-10-11-15-28(26)47-30/h7-19,27,29,42H,20-22H2,1-6H3,(H,39,43)(H2,37,40,41,44,45)/t27-,29?/m0/s1. The number of rotatable bonds is 9. The Labute approximate surface area is 285 Å². The number of guanidine groups is 1. The van der Waals surface area contributed by atoms with Gasteiger partial charge in [-0.25, -0.2) is 24.4 Å². The highest BCUT2D eigenvalue weighted by atomic mass is 16.6. The fourth-order valence-electron chi connectivity index (χ4n) is 4.46. The first kappa shape index (κ1) is 36.4. The number of para-hydroxylation sites is 2. The number of carbonyl (C=O) groups is 3. The lowest BCUT2D eigenvalue weighted by molar-refractivity contribution is 0.0544. The van der Waals surface area contributed by atoms with Crippen LogP contribution in [0, 0.1) is 0 Å². The predicted molar refractivity (Wildman–Crippen MR) is 183 cm³/mol. The number of ether oxygens (including phenoxy) is 3. The number of aliphatic imine (C=N–C) groups is 1. The molecule has 4 N–H and O–H groups in total. The van der Waals surface area contributed by atoms with Crippen LogP contribution in [0.1, 0.15) is 70.2 Å². The molecule has 49 heavy (non-hydrogen) atoms. The number of fused-ring (bicyclic) bond motifs is 1. The van der Waals surface area contributed by atoms with Crippen molar-refractivity contribution in [3.05, 3.63) is 101 Å². The first-order valence-electron chi connectivity index (χ1n) is 15.8. The van der Waals surface area contributed by atoms with Gasteiger partial charge in [0.05, 0.1) is 12.6 Å². The number of nitrogens with zero attached hydrogens (tertiary/aromatic N) is 2. The summed E-state index contributed by atoms with van der Waals surface area (Å²) < 4.78 is 21.8. The molecule has 4 aromatic rings. The highest BCUT2D eigenvalue weighted by molar-refractivity contribution is 6.01. The van der Waals surface area contributed by atoms with Crippen LogP contribution < -0.4 is 16.0 Å². The number of oxazole rings is 1. The molecular formula is C36H43N5O8. The van der Waals surface area contributed by atoms with E-state index in [2.05, 4.69) is 25.9 Å². The van der Waals surface area contributed by atoms with E-state index in [1.807, 2.05) is 48.5 Å². The minimum absolute atomic E-state index is 0.0567. The molecule has 0 bridgehead atoms. The number of aliphatic hydroxyl groups excluding tert-OH is 1. The number of hydrogen-bond acceptors (Lipinski definition) is 10. The maximum Gasteiger partial charge on any atom is 0.414 e. The van der Waals surface area contributed by atoms with Gasteiger partial charge in [-0.05, 0) is 76.8 Å². The van der Waals surface area contributed by atoms with E-state index in [1.54, 1.807) is 71.9 Å². The van der Waals surface area contributed by atoms with Crippen molar-refractivity contribution in [2.24, 2.45) is 4.99 Å². The molecule has 0 aliphatic heterocycles. The molecule has 0 radical (unpaired) electrons. The summed E-state index contributed by atoms with van der Waals surface area (Å²) in [7, 11) is 0. The molecule has 260 valence electrons. The van der Waals surface area contributed by atoms with E-state index in [9.17, 15) is 19.5 Å². The maximum atomic E-state index is 12.8. The van der Waals surface area contributed by atoms with Crippen molar-refractivity contribution in [2.45, 2.75) is 84.5 Å². The molecule has 2 atom stereocenters. The van der Waals surface area contributed by atoms with Crippen LogP contribution in [0.25, 0.3) is 11.1 Å². The van der Waals surface area contributed by atoms with Crippen molar-refractivity contribution in [1.29, 1.82) is 0 Å². The summed E-state index contributed by atoms with van der Waals surface area (Å²) in [6, 6.07) is 22.7. The van der Waals surface area contributed by atoms with Crippen LogP contribution >= 0.6 is 0 Å². The van der Waals surface area contributed by atoms with Gasteiger partial charge in [0.1, 0.15) is 23.3 Å². The van der Waals surface area contributed by atoms with Gasteiger partial charge in [-0.2, -0.15) is 0 Å². The Morgan fingerprint density at radius 3 is 1.94 bits per heavy atom. The molecule has 0 saturated carbocycles. The zero-order valence-electron chi connectivity index (χ0n) is 28.5. The Bertz CT molecular complexity index is 1680. The molecule has 0 fully saturated rings. The van der Waals surface area contributed by atoms with Crippen molar-refractivity contribution in [3.63, 3.8) is 0 Å². The van der Waals surface area contributed by atoms with Crippen molar-refractivity contribution in [2.75, 3.05) is 0 Å². The fraction of sp³-hybridized carbons (Fsp3) is 0.361. The predicted octanol–water partition coefficient (Wildman–Crippen LogP) is 6.30. The maximum absolute atomic E-state index is 12.8. The molecule has 13 nitrogen and oxygen atoms in total. The third-order valence-electron chi connectivity index (χ3n) is 6.60. The van der Waals surface area contributed by atoms with E-state index in [0.717, 1.165) is 16.7 Å². The molecule has 1 aromatic heterocycles. The molecular weight excluding hydrogens is 630 g/mol. The van der Waals surface area contributed by atoms with Crippen molar-refractivity contribution in [1.82, 2.24) is 20.9 Å². The van der Waals surface area contributed by atoms with Gasteiger partial charge in [0, 0.05) is 0 Å². The van der Waals surface area contributed by atoms with Gasteiger partial charge in [-0.3, -0.25) is 10.6 Å². The second-order valence-corrected chi connectivity index (χ2v) is 13.2. The summed E-state index contributed by atoms with van der Waals surface area (Å²) in [6.07, 6.45) is -3.39. The summed E-state index contributed by atoms with van der Waals surface area (Å²) in [5.41, 5.74) is 1.88. The second-order valence-electron chi connectivity index (χ2n) is 13.2. The van der Waals surface area contributed by atoms with E-state index in [0.29, 0.717) is 11.1 Å². The highest BCUT2D eigenvalue weighted by Gasteiger charge is 2.28. The fourth-order valence-corrected chi connectivity index (χ4v) is 4.46. The minimum Gasteiger partial charge on any atom is -0.445 e. The van der Waals surface area contributed by atoms with Crippen LogP contribution in [0.3, 0.4) is 0 Å². The number of amides is 3. The van der Waals surface area contributed by atoms with Crippen LogP contribution in [-0.4, -0.2) is 51.6 Å². The average Bonchev–Trinajstić information content (AvgIpc) is 3.46. The van der Waals surface area contributed by atoms with E-state index < -0.39 is 41.6 Å². The number of alkyl carbamates (subject to hydrolysis) is 3. The molecule has 4 rings (SSSR count). The van der Waals surface area contributed by atoms with Crippen LogP contribution in [0.4, 0.5) is 14.4 Å². The van der Waals surface area contributed by atoms with E-state index in [1.165, 1.54) is 0 Å². The van der Waals surface area contributed by atoms with Crippen LogP contribution in [0.2, 0.25) is 0 Å². The van der Waals surface area contributed by atoms with Crippen molar-refractivity contribution >= 4 is 35.3 Å². The number of aliphatic hydroxyl groups is 1. The Kier molecular flexibility index (Phi) is 12.0. The second kappa shape index (κ2) is 16.1. The SMILES string of the molecule is CC(C)(C)OC(=O)NC(=NCc1ccc(C[C@H](NC(=O)OCc2ccccc2)C(O)c2nc3ccccc3o2)cc1)NC(=O)OC(C)(C)C. The number of hydrogen-bond donors (Lipinski definition) is 4. The third-order valence-corrected chi connectivity index (χ3v) is 6.60. The Hall–Kier alpha value is -5.43. The number of benzene rings is 3. The van der Waals surface area contributed by atoms with Gasteiger partial charge in [0.15, 0.2) is 11.7 Å². The summed E-state index contributed by atoms with van der Waals surface area (Å²) >= 11 is 0. The van der Waals surface area contributed by atoms with Gasteiger partial charge in [0.2, 0.25) is 11.9 Å². The highest BCUT2D eigenvalue weighted by Crippen LogP contribution is 2.24. The zero-order chi connectivity index (χ0) is 35.6. The van der Waals surface area contributed by atoms with Crippen molar-refractivity contribution < 1.29 is 38.1 Å². The van der Waals surface area contributed by atoms with Gasteiger partial charge < -0.3 is 29.1 Å². The number of carbonyl (C=O) groups excluding carboxylic acids is 3. The molecule has 3 aromatic carbocycles. The molecule has 0 spiro atoms. The van der Waals surface area contributed by atoms with E-state index in [-0.39, 0.29) is 31.4 Å². The van der Waals surface area contributed by atoms with E-state index >= 15 is 0 Å². The normalized spacial score (nSPS) is 12.7. The first-order chi connectivity index (χ1) is 23.1. The van der Waals surface area contributed by atoms with Gasteiger partial charge in [-0.15, -0.1) is 0 Å². The minimum atomic E-state index is -1.29. The lowest BCUT2D eigenvalue weighted by atomic mass is 10.00.